The molecule has 0 saturated carbocycles. The molecule has 0 radical (unpaired) electrons. The van der Waals surface area contributed by atoms with Gasteiger partial charge in [-0.05, 0) is 44.0 Å². The predicted molar refractivity (Wildman–Crippen MR) is 99.8 cm³/mol. The molecular formula is C18H18ClN3O4. The summed E-state index contributed by atoms with van der Waals surface area (Å²) in [6.07, 6.45) is 0.547. The molecule has 26 heavy (non-hydrogen) atoms. The van der Waals surface area contributed by atoms with Crippen LogP contribution in [0.5, 0.6) is 5.75 Å². The van der Waals surface area contributed by atoms with Gasteiger partial charge in [0.2, 0.25) is 0 Å². The van der Waals surface area contributed by atoms with E-state index in [2.05, 4.69) is 10.5 Å². The van der Waals surface area contributed by atoms with Gasteiger partial charge in [0.25, 0.3) is 11.6 Å². The van der Waals surface area contributed by atoms with Gasteiger partial charge in [-0.3, -0.25) is 14.9 Å². The molecule has 0 aliphatic carbocycles. The van der Waals surface area contributed by atoms with Gasteiger partial charge in [0.05, 0.1) is 11.1 Å². The molecule has 1 N–H and O–H groups in total. The van der Waals surface area contributed by atoms with Crippen molar-refractivity contribution in [2.24, 2.45) is 5.10 Å². The molecule has 136 valence electrons. The SMILES string of the molecule is Cc1cc(OC(C)C(=O)NN=Cc2cccc([N+](=O)[O-])c2)cc(C)c1Cl. The number of rotatable bonds is 6. The maximum Gasteiger partial charge on any atom is 0.280 e. The second-order valence-corrected chi connectivity index (χ2v) is 6.10. The molecule has 1 amide bonds. The van der Waals surface area contributed by atoms with Gasteiger partial charge in [-0.25, -0.2) is 5.43 Å². The van der Waals surface area contributed by atoms with Crippen molar-refractivity contribution < 1.29 is 14.5 Å². The number of ether oxygens (including phenoxy) is 1. The van der Waals surface area contributed by atoms with E-state index in [1.54, 1.807) is 25.1 Å². The van der Waals surface area contributed by atoms with Crippen LogP contribution in [-0.4, -0.2) is 23.1 Å². The van der Waals surface area contributed by atoms with Gasteiger partial charge in [-0.15, -0.1) is 0 Å². The molecule has 0 aliphatic rings. The number of nitro benzene ring substituents is 1. The van der Waals surface area contributed by atoms with Crippen LogP contribution in [0.1, 0.15) is 23.6 Å². The molecule has 0 spiro atoms. The second-order valence-electron chi connectivity index (χ2n) is 5.72. The van der Waals surface area contributed by atoms with Crippen molar-refractivity contribution >= 4 is 29.4 Å². The summed E-state index contributed by atoms with van der Waals surface area (Å²) >= 11 is 6.11. The van der Waals surface area contributed by atoms with Gasteiger partial charge in [0, 0.05) is 22.7 Å². The van der Waals surface area contributed by atoms with Crippen LogP contribution in [0.3, 0.4) is 0 Å². The molecule has 2 aromatic carbocycles. The molecule has 1 unspecified atom stereocenters. The van der Waals surface area contributed by atoms with Gasteiger partial charge in [-0.1, -0.05) is 23.7 Å². The van der Waals surface area contributed by atoms with E-state index in [0.29, 0.717) is 16.3 Å². The third-order valence-corrected chi connectivity index (χ3v) is 4.16. The van der Waals surface area contributed by atoms with Crippen molar-refractivity contribution in [1.29, 1.82) is 0 Å². The first-order valence-electron chi connectivity index (χ1n) is 7.78. The van der Waals surface area contributed by atoms with Crippen molar-refractivity contribution in [1.82, 2.24) is 5.43 Å². The number of halogens is 1. The van der Waals surface area contributed by atoms with Crippen LogP contribution in [0, 0.1) is 24.0 Å². The largest absolute Gasteiger partial charge is 0.481 e. The van der Waals surface area contributed by atoms with Gasteiger partial charge >= 0.3 is 0 Å². The van der Waals surface area contributed by atoms with Crippen molar-refractivity contribution in [3.05, 3.63) is 68.2 Å². The standard InChI is InChI=1S/C18H18ClN3O4/c1-11-7-16(8-12(2)17(11)19)26-13(3)18(23)21-20-10-14-5-4-6-15(9-14)22(24)25/h4-10,13H,1-3H3,(H,21,23). The summed E-state index contributed by atoms with van der Waals surface area (Å²) in [7, 11) is 0. The molecular weight excluding hydrogens is 358 g/mol. The van der Waals surface area contributed by atoms with Crippen LogP contribution in [0.2, 0.25) is 5.02 Å². The Kier molecular flexibility index (Phi) is 6.30. The molecule has 7 nitrogen and oxygen atoms in total. The minimum Gasteiger partial charge on any atom is -0.481 e. The van der Waals surface area contributed by atoms with Gasteiger partial charge in [0.15, 0.2) is 6.10 Å². The summed E-state index contributed by atoms with van der Waals surface area (Å²) < 4.78 is 5.61. The van der Waals surface area contributed by atoms with E-state index in [0.717, 1.165) is 11.1 Å². The quantitative estimate of drug-likeness (QED) is 0.472. The minimum atomic E-state index is -0.780. The highest BCUT2D eigenvalue weighted by Gasteiger charge is 2.15. The first kappa shape index (κ1) is 19.4. The molecule has 0 fully saturated rings. The number of carbonyl (C=O) groups is 1. The number of non-ortho nitro benzene ring substituents is 1. The number of aryl methyl sites for hydroxylation is 2. The number of hydrazone groups is 1. The maximum atomic E-state index is 12.1. The highest BCUT2D eigenvalue weighted by molar-refractivity contribution is 6.32. The van der Waals surface area contributed by atoms with Gasteiger partial charge in [-0.2, -0.15) is 5.10 Å². The number of benzene rings is 2. The Morgan fingerprint density at radius 1 is 1.31 bits per heavy atom. The summed E-state index contributed by atoms with van der Waals surface area (Å²) in [6, 6.07) is 9.42. The molecule has 2 aromatic rings. The molecule has 0 bridgehead atoms. The van der Waals surface area contributed by atoms with Crippen molar-refractivity contribution in [2.75, 3.05) is 0 Å². The first-order valence-corrected chi connectivity index (χ1v) is 8.16. The van der Waals surface area contributed by atoms with E-state index < -0.39 is 16.9 Å². The van der Waals surface area contributed by atoms with Gasteiger partial charge < -0.3 is 4.74 Å². The Balaban J connectivity index is 1.97. The summed E-state index contributed by atoms with van der Waals surface area (Å²) in [5.74, 6) is 0.0895. The lowest BCUT2D eigenvalue weighted by Gasteiger charge is -2.14. The highest BCUT2D eigenvalue weighted by atomic mass is 35.5. The Morgan fingerprint density at radius 3 is 2.58 bits per heavy atom. The maximum absolute atomic E-state index is 12.1. The average Bonchev–Trinajstić information content (AvgIpc) is 2.59. The number of carbonyl (C=O) groups excluding carboxylic acids is 1. The van der Waals surface area contributed by atoms with Crippen molar-refractivity contribution in [3.8, 4) is 5.75 Å². The van der Waals surface area contributed by atoms with Crippen LogP contribution in [0.25, 0.3) is 0 Å². The molecule has 8 heteroatoms. The minimum absolute atomic E-state index is 0.0505. The fourth-order valence-corrected chi connectivity index (χ4v) is 2.32. The molecule has 0 aliphatic heterocycles. The normalized spacial score (nSPS) is 12.0. The Bertz CT molecular complexity index is 844. The topological polar surface area (TPSA) is 93.8 Å². The summed E-state index contributed by atoms with van der Waals surface area (Å²) in [5.41, 5.74) is 4.52. The number of nitro groups is 1. The predicted octanol–water partition coefficient (Wildman–Crippen LogP) is 3.78. The first-order chi connectivity index (χ1) is 12.3. The number of amides is 1. The lowest BCUT2D eigenvalue weighted by molar-refractivity contribution is -0.384. The monoisotopic (exact) mass is 375 g/mol. The van der Waals surface area contributed by atoms with Crippen molar-refractivity contribution in [2.45, 2.75) is 26.9 Å². The highest BCUT2D eigenvalue weighted by Crippen LogP contribution is 2.26. The number of nitrogens with one attached hydrogen (secondary N) is 1. The van der Waals surface area contributed by atoms with E-state index in [4.69, 9.17) is 16.3 Å². The Hall–Kier alpha value is -2.93. The van der Waals surface area contributed by atoms with Crippen LogP contribution in [0.15, 0.2) is 41.5 Å². The zero-order valence-electron chi connectivity index (χ0n) is 14.5. The molecule has 0 heterocycles. The molecule has 0 aromatic heterocycles. The lowest BCUT2D eigenvalue weighted by Crippen LogP contribution is -2.33. The van der Waals surface area contributed by atoms with Crippen LogP contribution in [-0.2, 0) is 4.79 Å². The fourth-order valence-electron chi connectivity index (χ4n) is 2.21. The average molecular weight is 376 g/mol. The third-order valence-electron chi connectivity index (χ3n) is 3.56. The van der Waals surface area contributed by atoms with Crippen LogP contribution >= 0.6 is 11.6 Å². The van der Waals surface area contributed by atoms with Crippen LogP contribution < -0.4 is 10.2 Å². The van der Waals surface area contributed by atoms with E-state index in [1.807, 2.05) is 13.8 Å². The number of hydrogen-bond donors (Lipinski definition) is 1. The molecule has 1 atom stereocenters. The molecule has 0 saturated heterocycles. The smallest absolute Gasteiger partial charge is 0.280 e. The zero-order valence-corrected chi connectivity index (χ0v) is 15.3. The number of nitrogens with zero attached hydrogens (tertiary/aromatic N) is 2. The molecule has 2 rings (SSSR count). The van der Waals surface area contributed by atoms with Crippen molar-refractivity contribution in [3.63, 3.8) is 0 Å². The van der Waals surface area contributed by atoms with E-state index >= 15 is 0 Å². The Morgan fingerprint density at radius 2 is 1.96 bits per heavy atom. The third kappa shape index (κ3) is 5.03. The zero-order chi connectivity index (χ0) is 19.3. The number of hydrogen-bond acceptors (Lipinski definition) is 5. The van der Waals surface area contributed by atoms with E-state index in [-0.39, 0.29) is 5.69 Å². The van der Waals surface area contributed by atoms with E-state index in [1.165, 1.54) is 24.4 Å². The summed E-state index contributed by atoms with van der Waals surface area (Å²) in [5, 5.41) is 15.2. The van der Waals surface area contributed by atoms with Crippen LogP contribution in [0.4, 0.5) is 5.69 Å². The summed E-state index contributed by atoms with van der Waals surface area (Å²) in [4.78, 5) is 22.3. The van der Waals surface area contributed by atoms with Gasteiger partial charge in [0.1, 0.15) is 5.75 Å². The lowest BCUT2D eigenvalue weighted by atomic mass is 10.1. The second kappa shape index (κ2) is 8.44. The fraction of sp³-hybridized carbons (Fsp3) is 0.222. The Labute approximate surface area is 155 Å². The summed E-state index contributed by atoms with van der Waals surface area (Å²) in [6.45, 7) is 5.31. The van der Waals surface area contributed by atoms with E-state index in [9.17, 15) is 14.9 Å².